The summed E-state index contributed by atoms with van der Waals surface area (Å²) in [6.45, 7) is 0. The highest BCUT2D eigenvalue weighted by atomic mass is 32.2. The van der Waals surface area contributed by atoms with Crippen molar-refractivity contribution in [3.8, 4) is 0 Å². The number of aromatic amines is 2. The Balaban J connectivity index is 1.37. The van der Waals surface area contributed by atoms with Gasteiger partial charge < -0.3 is 10.3 Å². The Morgan fingerprint density at radius 2 is 1.76 bits per heavy atom. The fourth-order valence-corrected chi connectivity index (χ4v) is 4.14. The summed E-state index contributed by atoms with van der Waals surface area (Å²) >= 11 is 1.42. The van der Waals surface area contributed by atoms with Crippen LogP contribution in [0, 0.1) is 0 Å². The SMILES string of the molecule is c1ccc2[nH]c(Sc3nc(Nc4cc(C5CC5)[nH]n4)c4ccccc4n3)nc2c1. The molecule has 0 atom stereocenters. The molecule has 0 bridgehead atoms. The first-order valence-electron chi connectivity index (χ1n) is 9.53. The van der Waals surface area contributed by atoms with Gasteiger partial charge in [-0.15, -0.1) is 0 Å². The molecular formula is C21H17N7S. The molecule has 0 radical (unpaired) electrons. The third kappa shape index (κ3) is 3.21. The molecule has 1 aliphatic carbocycles. The van der Waals surface area contributed by atoms with E-state index in [2.05, 4.69) is 31.5 Å². The lowest BCUT2D eigenvalue weighted by atomic mass is 10.2. The minimum Gasteiger partial charge on any atom is -0.333 e. The Hall–Kier alpha value is -3.39. The van der Waals surface area contributed by atoms with Crippen molar-refractivity contribution < 1.29 is 0 Å². The molecule has 2 aromatic carbocycles. The van der Waals surface area contributed by atoms with Crippen LogP contribution in [0.1, 0.15) is 24.5 Å². The largest absolute Gasteiger partial charge is 0.333 e. The van der Waals surface area contributed by atoms with Gasteiger partial charge in [0.15, 0.2) is 16.1 Å². The first kappa shape index (κ1) is 16.6. The molecule has 5 aromatic rings. The number of hydrogen-bond donors (Lipinski definition) is 3. The van der Waals surface area contributed by atoms with Crippen LogP contribution in [-0.4, -0.2) is 30.1 Å². The van der Waals surface area contributed by atoms with E-state index in [0.717, 1.165) is 38.7 Å². The molecule has 0 unspecified atom stereocenters. The topological polar surface area (TPSA) is 95.2 Å². The summed E-state index contributed by atoms with van der Waals surface area (Å²) in [7, 11) is 0. The van der Waals surface area contributed by atoms with Crippen LogP contribution in [0.3, 0.4) is 0 Å². The number of anilines is 2. The van der Waals surface area contributed by atoms with E-state index in [-0.39, 0.29) is 0 Å². The summed E-state index contributed by atoms with van der Waals surface area (Å²) in [5, 5.41) is 13.2. The molecule has 7 nitrogen and oxygen atoms in total. The summed E-state index contributed by atoms with van der Waals surface area (Å²) in [5.41, 5.74) is 3.99. The van der Waals surface area contributed by atoms with Crippen molar-refractivity contribution in [1.29, 1.82) is 0 Å². The van der Waals surface area contributed by atoms with Crippen LogP contribution in [0.2, 0.25) is 0 Å². The number of nitrogens with zero attached hydrogens (tertiary/aromatic N) is 4. The molecular weight excluding hydrogens is 382 g/mol. The van der Waals surface area contributed by atoms with E-state index in [0.29, 0.717) is 11.1 Å². The summed E-state index contributed by atoms with van der Waals surface area (Å²) in [5.74, 6) is 2.14. The predicted molar refractivity (Wildman–Crippen MR) is 114 cm³/mol. The molecule has 8 heteroatoms. The first-order valence-corrected chi connectivity index (χ1v) is 10.4. The Morgan fingerprint density at radius 3 is 2.62 bits per heavy atom. The van der Waals surface area contributed by atoms with Crippen LogP contribution in [-0.2, 0) is 0 Å². The van der Waals surface area contributed by atoms with Crippen molar-refractivity contribution in [2.45, 2.75) is 29.1 Å². The zero-order valence-electron chi connectivity index (χ0n) is 15.4. The number of fused-ring (bicyclic) bond motifs is 2. The van der Waals surface area contributed by atoms with Crippen molar-refractivity contribution in [1.82, 2.24) is 30.1 Å². The number of benzene rings is 2. The number of para-hydroxylation sites is 3. The standard InChI is InChI=1S/C21H17N7S/c1-2-6-14-13(5-1)19(25-18-11-17(27-28-18)12-9-10-12)26-21(22-14)29-20-23-15-7-3-4-8-16(15)24-20/h1-8,11-12H,9-10H2,(H,23,24)(H2,22,25,26,27,28). The van der Waals surface area contributed by atoms with Gasteiger partial charge in [-0.05, 0) is 48.9 Å². The molecule has 1 fully saturated rings. The molecule has 0 spiro atoms. The number of H-pyrrole nitrogens is 2. The van der Waals surface area contributed by atoms with Gasteiger partial charge in [0.2, 0.25) is 0 Å². The van der Waals surface area contributed by atoms with Crippen molar-refractivity contribution in [3.63, 3.8) is 0 Å². The van der Waals surface area contributed by atoms with E-state index in [4.69, 9.17) is 9.97 Å². The smallest absolute Gasteiger partial charge is 0.197 e. The van der Waals surface area contributed by atoms with Crippen LogP contribution in [0.5, 0.6) is 0 Å². The van der Waals surface area contributed by atoms with Crippen LogP contribution in [0.25, 0.3) is 21.9 Å². The molecule has 142 valence electrons. The van der Waals surface area contributed by atoms with Gasteiger partial charge in [-0.2, -0.15) is 5.10 Å². The fourth-order valence-electron chi connectivity index (χ4n) is 3.39. The van der Waals surface area contributed by atoms with Gasteiger partial charge >= 0.3 is 0 Å². The number of aromatic nitrogens is 6. The fraction of sp³-hybridized carbons (Fsp3) is 0.143. The maximum absolute atomic E-state index is 4.76. The molecule has 3 aromatic heterocycles. The maximum Gasteiger partial charge on any atom is 0.197 e. The summed E-state index contributed by atoms with van der Waals surface area (Å²) in [6.07, 6.45) is 2.46. The van der Waals surface area contributed by atoms with Crippen LogP contribution in [0.4, 0.5) is 11.6 Å². The van der Waals surface area contributed by atoms with E-state index in [1.54, 1.807) is 0 Å². The Bertz CT molecular complexity index is 1300. The van der Waals surface area contributed by atoms with Crippen LogP contribution >= 0.6 is 11.8 Å². The van der Waals surface area contributed by atoms with E-state index in [1.807, 2.05) is 48.5 Å². The second-order valence-corrected chi connectivity index (χ2v) is 8.10. The molecule has 3 N–H and O–H groups in total. The monoisotopic (exact) mass is 399 g/mol. The van der Waals surface area contributed by atoms with Crippen molar-refractivity contribution in [2.24, 2.45) is 0 Å². The van der Waals surface area contributed by atoms with E-state index >= 15 is 0 Å². The molecule has 0 saturated heterocycles. The first-order chi connectivity index (χ1) is 14.3. The van der Waals surface area contributed by atoms with Crippen LogP contribution in [0.15, 0.2) is 64.9 Å². The van der Waals surface area contributed by atoms with E-state index in [1.165, 1.54) is 30.3 Å². The van der Waals surface area contributed by atoms with Crippen molar-refractivity contribution in [2.75, 3.05) is 5.32 Å². The van der Waals surface area contributed by atoms with Gasteiger partial charge in [0.1, 0.15) is 5.82 Å². The average Bonchev–Trinajstić information content (AvgIpc) is 3.34. The van der Waals surface area contributed by atoms with Gasteiger partial charge in [-0.1, -0.05) is 24.3 Å². The van der Waals surface area contributed by atoms with Crippen molar-refractivity contribution in [3.05, 3.63) is 60.3 Å². The van der Waals surface area contributed by atoms with Crippen molar-refractivity contribution >= 4 is 45.3 Å². The lowest BCUT2D eigenvalue weighted by Gasteiger charge is -2.08. The third-order valence-electron chi connectivity index (χ3n) is 5.00. The Morgan fingerprint density at radius 1 is 0.931 bits per heavy atom. The zero-order chi connectivity index (χ0) is 19.2. The highest BCUT2D eigenvalue weighted by Crippen LogP contribution is 2.40. The van der Waals surface area contributed by atoms with E-state index in [9.17, 15) is 0 Å². The second kappa shape index (κ2) is 6.59. The molecule has 3 heterocycles. The molecule has 1 saturated carbocycles. The van der Waals surface area contributed by atoms with Gasteiger partial charge in [-0.3, -0.25) is 5.10 Å². The molecule has 0 amide bonds. The Kier molecular flexibility index (Phi) is 3.76. The summed E-state index contributed by atoms with van der Waals surface area (Å²) in [4.78, 5) is 17.4. The second-order valence-electron chi connectivity index (χ2n) is 7.14. The summed E-state index contributed by atoms with van der Waals surface area (Å²) < 4.78 is 0. The number of nitrogens with one attached hydrogen (secondary N) is 3. The molecule has 29 heavy (non-hydrogen) atoms. The molecule has 0 aliphatic heterocycles. The average molecular weight is 399 g/mol. The van der Waals surface area contributed by atoms with Crippen LogP contribution < -0.4 is 5.32 Å². The lowest BCUT2D eigenvalue weighted by molar-refractivity contribution is 0.963. The minimum atomic E-state index is 0.624. The molecule has 6 rings (SSSR count). The molecule has 1 aliphatic rings. The highest BCUT2D eigenvalue weighted by Gasteiger charge is 2.25. The van der Waals surface area contributed by atoms with Gasteiger partial charge in [0.25, 0.3) is 0 Å². The Labute approximate surface area is 170 Å². The zero-order valence-corrected chi connectivity index (χ0v) is 16.2. The third-order valence-corrected chi connectivity index (χ3v) is 5.75. The number of rotatable bonds is 5. The van der Waals surface area contributed by atoms with Gasteiger partial charge in [0, 0.05) is 23.1 Å². The normalized spacial score (nSPS) is 13.9. The predicted octanol–water partition coefficient (Wildman–Crippen LogP) is 5.00. The van der Waals surface area contributed by atoms with Gasteiger partial charge in [-0.25, -0.2) is 15.0 Å². The lowest BCUT2D eigenvalue weighted by Crippen LogP contribution is -1.99. The number of imidazole rings is 1. The maximum atomic E-state index is 4.76. The van der Waals surface area contributed by atoms with Gasteiger partial charge in [0.05, 0.1) is 16.6 Å². The highest BCUT2D eigenvalue weighted by molar-refractivity contribution is 7.99. The minimum absolute atomic E-state index is 0.624. The quantitative estimate of drug-likeness (QED) is 0.360. The summed E-state index contributed by atoms with van der Waals surface area (Å²) in [6, 6.07) is 18.0. The van der Waals surface area contributed by atoms with E-state index < -0.39 is 0 Å². The number of hydrogen-bond acceptors (Lipinski definition) is 6.